The fourth-order valence-corrected chi connectivity index (χ4v) is 4.53. The summed E-state index contributed by atoms with van der Waals surface area (Å²) in [6.07, 6.45) is 3.70. The number of piperidine rings is 1. The van der Waals surface area contributed by atoms with Crippen molar-refractivity contribution in [3.8, 4) is 5.75 Å². The van der Waals surface area contributed by atoms with Crippen LogP contribution in [0.25, 0.3) is 10.9 Å². The first-order chi connectivity index (χ1) is 15.5. The molecule has 0 radical (unpaired) electrons. The molecule has 1 fully saturated rings. The lowest BCUT2D eigenvalue weighted by atomic mass is 9.90. The third kappa shape index (κ3) is 4.94. The van der Waals surface area contributed by atoms with E-state index in [1.54, 1.807) is 7.11 Å². The fourth-order valence-electron chi connectivity index (χ4n) is 4.53. The van der Waals surface area contributed by atoms with Crippen LogP contribution in [0.1, 0.15) is 29.9 Å². The van der Waals surface area contributed by atoms with E-state index in [4.69, 9.17) is 10.5 Å². The minimum absolute atomic E-state index is 0.0132. The molecule has 0 bridgehead atoms. The van der Waals surface area contributed by atoms with Crippen LogP contribution >= 0.6 is 0 Å². The van der Waals surface area contributed by atoms with Gasteiger partial charge in [0.1, 0.15) is 5.75 Å². The quantitative estimate of drug-likeness (QED) is 0.507. The Morgan fingerprint density at radius 3 is 2.75 bits per heavy atom. The van der Waals surface area contributed by atoms with Gasteiger partial charge >= 0.3 is 0 Å². The molecule has 7 heteroatoms. The number of methoxy groups -OCH3 is 1. The molecule has 0 saturated carbocycles. The van der Waals surface area contributed by atoms with Gasteiger partial charge in [-0.05, 0) is 48.7 Å². The number of H-pyrrole nitrogens is 1. The maximum atomic E-state index is 12.8. The van der Waals surface area contributed by atoms with E-state index < -0.39 is 0 Å². The Balaban J connectivity index is 1.49. The number of carbonyl (C=O) groups excluding carboxylic acids is 2. The fraction of sp³-hybridized carbons (Fsp3) is 0.360. The predicted molar refractivity (Wildman–Crippen MR) is 125 cm³/mol. The number of nitrogens with two attached hydrogens (primary N) is 1. The highest BCUT2D eigenvalue weighted by Crippen LogP contribution is 2.31. The summed E-state index contributed by atoms with van der Waals surface area (Å²) in [6.45, 7) is 2.10. The standard InChI is InChI=1S/C25H30N4O3/c1-32-19-10-8-17(9-11-19)21(22-14-27-23-7-3-2-6-20(22)23)13-28-24(30)16-29-12-4-5-18(15-29)25(26)31/h2-3,6-11,14,18,21,27H,4-5,12-13,15-16H2,1H3,(H2,26,31)(H,28,30)/t18-,21+/m0/s1. The maximum absolute atomic E-state index is 12.8. The number of amides is 2. The highest BCUT2D eigenvalue weighted by Gasteiger charge is 2.26. The number of hydrogen-bond donors (Lipinski definition) is 3. The van der Waals surface area contributed by atoms with Crippen LogP contribution in [-0.2, 0) is 9.59 Å². The van der Waals surface area contributed by atoms with E-state index in [1.165, 1.54) is 0 Å². The number of likely N-dealkylation sites (tertiary alicyclic amines) is 1. The van der Waals surface area contributed by atoms with Crippen LogP contribution in [0.2, 0.25) is 0 Å². The Morgan fingerprint density at radius 1 is 1.22 bits per heavy atom. The Morgan fingerprint density at radius 2 is 2.00 bits per heavy atom. The first-order valence-corrected chi connectivity index (χ1v) is 11.0. The van der Waals surface area contributed by atoms with Gasteiger partial charge in [-0.2, -0.15) is 0 Å². The summed E-state index contributed by atoms with van der Waals surface area (Å²) in [5.74, 6) is 0.280. The summed E-state index contributed by atoms with van der Waals surface area (Å²) in [7, 11) is 1.65. The van der Waals surface area contributed by atoms with Gasteiger partial charge in [0.2, 0.25) is 11.8 Å². The van der Waals surface area contributed by atoms with E-state index in [0.717, 1.165) is 47.2 Å². The molecule has 1 aliphatic rings. The van der Waals surface area contributed by atoms with Crippen molar-refractivity contribution in [2.45, 2.75) is 18.8 Å². The zero-order valence-electron chi connectivity index (χ0n) is 18.3. The molecule has 2 amide bonds. The molecular weight excluding hydrogens is 404 g/mol. The lowest BCUT2D eigenvalue weighted by molar-refractivity contribution is -0.126. The number of carbonyl (C=O) groups is 2. The van der Waals surface area contributed by atoms with Crippen LogP contribution in [0.5, 0.6) is 5.75 Å². The van der Waals surface area contributed by atoms with Crippen molar-refractivity contribution in [1.82, 2.24) is 15.2 Å². The normalized spacial score (nSPS) is 17.7. The molecule has 2 atom stereocenters. The molecule has 168 valence electrons. The van der Waals surface area contributed by atoms with Crippen molar-refractivity contribution in [2.24, 2.45) is 11.7 Å². The molecule has 2 aromatic carbocycles. The summed E-state index contributed by atoms with van der Waals surface area (Å²) >= 11 is 0. The molecular formula is C25H30N4O3. The molecule has 1 saturated heterocycles. The van der Waals surface area contributed by atoms with Gasteiger partial charge in [-0.25, -0.2) is 0 Å². The van der Waals surface area contributed by atoms with Crippen LogP contribution in [0.3, 0.4) is 0 Å². The smallest absolute Gasteiger partial charge is 0.234 e. The highest BCUT2D eigenvalue weighted by atomic mass is 16.5. The summed E-state index contributed by atoms with van der Waals surface area (Å²) in [6, 6.07) is 16.1. The Hall–Kier alpha value is -3.32. The third-order valence-corrected chi connectivity index (χ3v) is 6.29. The lowest BCUT2D eigenvalue weighted by Crippen LogP contribution is -2.46. The first kappa shape index (κ1) is 21.9. The molecule has 0 unspecified atom stereocenters. The van der Waals surface area contributed by atoms with Crippen molar-refractivity contribution < 1.29 is 14.3 Å². The zero-order chi connectivity index (χ0) is 22.5. The van der Waals surface area contributed by atoms with E-state index in [9.17, 15) is 9.59 Å². The van der Waals surface area contributed by atoms with Gasteiger partial charge in [-0.15, -0.1) is 0 Å². The molecule has 0 aliphatic carbocycles. The number of rotatable bonds is 8. The second kappa shape index (κ2) is 9.87. The molecule has 2 heterocycles. The van der Waals surface area contributed by atoms with Crippen molar-refractivity contribution >= 4 is 22.7 Å². The van der Waals surface area contributed by atoms with Gasteiger partial charge in [-0.3, -0.25) is 14.5 Å². The van der Waals surface area contributed by atoms with Gasteiger partial charge in [-0.1, -0.05) is 30.3 Å². The van der Waals surface area contributed by atoms with E-state index >= 15 is 0 Å². The number of primary amides is 1. The minimum Gasteiger partial charge on any atom is -0.497 e. The number of nitrogens with one attached hydrogen (secondary N) is 2. The van der Waals surface area contributed by atoms with Crippen LogP contribution in [0.15, 0.2) is 54.7 Å². The number of aromatic nitrogens is 1. The van der Waals surface area contributed by atoms with Crippen LogP contribution in [-0.4, -0.2) is 55.0 Å². The molecule has 32 heavy (non-hydrogen) atoms. The second-order valence-corrected chi connectivity index (χ2v) is 8.40. The number of para-hydroxylation sites is 1. The van der Waals surface area contributed by atoms with Gasteiger partial charge in [0.25, 0.3) is 0 Å². The molecule has 7 nitrogen and oxygen atoms in total. The average molecular weight is 435 g/mol. The molecule has 1 aromatic heterocycles. The summed E-state index contributed by atoms with van der Waals surface area (Å²) < 4.78 is 5.30. The SMILES string of the molecule is COc1ccc([C@@H](CNC(=O)CN2CCC[C@H](C(N)=O)C2)c2c[nH]c3ccccc23)cc1. The summed E-state index contributed by atoms with van der Waals surface area (Å²) in [5.41, 5.74) is 8.77. The Labute approximate surface area is 187 Å². The van der Waals surface area contributed by atoms with Crippen molar-refractivity contribution in [2.75, 3.05) is 33.3 Å². The maximum Gasteiger partial charge on any atom is 0.234 e. The molecule has 0 spiro atoms. The van der Waals surface area contributed by atoms with Crippen LogP contribution < -0.4 is 15.8 Å². The van der Waals surface area contributed by atoms with Gasteiger partial charge in [0.15, 0.2) is 0 Å². The van der Waals surface area contributed by atoms with Gasteiger partial charge in [0.05, 0.1) is 19.6 Å². The lowest BCUT2D eigenvalue weighted by Gasteiger charge is -2.30. The first-order valence-electron chi connectivity index (χ1n) is 11.0. The minimum atomic E-state index is -0.283. The summed E-state index contributed by atoms with van der Waals surface area (Å²) in [5, 5.41) is 4.25. The van der Waals surface area contributed by atoms with Gasteiger partial charge in [0, 0.05) is 36.1 Å². The topological polar surface area (TPSA) is 100 Å². The van der Waals surface area contributed by atoms with Crippen molar-refractivity contribution in [3.63, 3.8) is 0 Å². The van der Waals surface area contributed by atoms with Gasteiger partial charge < -0.3 is 20.8 Å². The third-order valence-electron chi connectivity index (χ3n) is 6.29. The molecule has 4 N–H and O–H groups in total. The Bertz CT molecular complexity index is 1080. The zero-order valence-corrected chi connectivity index (χ0v) is 18.3. The molecule has 3 aromatic rings. The van der Waals surface area contributed by atoms with E-state index in [0.29, 0.717) is 13.1 Å². The van der Waals surface area contributed by atoms with Crippen molar-refractivity contribution in [3.05, 3.63) is 65.9 Å². The predicted octanol–water partition coefficient (Wildman–Crippen LogP) is 2.62. The number of ether oxygens (including phenoxy) is 1. The number of benzene rings is 2. The number of fused-ring (bicyclic) bond motifs is 1. The average Bonchev–Trinajstić information content (AvgIpc) is 3.24. The van der Waals surface area contributed by atoms with E-state index in [1.807, 2.05) is 53.6 Å². The summed E-state index contributed by atoms with van der Waals surface area (Å²) in [4.78, 5) is 29.6. The monoisotopic (exact) mass is 434 g/mol. The number of nitrogens with zero attached hydrogens (tertiary/aromatic N) is 1. The number of hydrogen-bond acceptors (Lipinski definition) is 4. The van der Waals surface area contributed by atoms with Crippen molar-refractivity contribution in [1.29, 1.82) is 0 Å². The highest BCUT2D eigenvalue weighted by molar-refractivity contribution is 5.84. The van der Waals surface area contributed by atoms with E-state index in [-0.39, 0.29) is 30.2 Å². The molecule has 1 aliphatic heterocycles. The second-order valence-electron chi connectivity index (χ2n) is 8.40. The van der Waals surface area contributed by atoms with Crippen LogP contribution in [0.4, 0.5) is 0 Å². The Kier molecular flexibility index (Phi) is 6.75. The largest absolute Gasteiger partial charge is 0.497 e. The van der Waals surface area contributed by atoms with Crippen LogP contribution in [0, 0.1) is 5.92 Å². The number of aromatic amines is 1. The van der Waals surface area contributed by atoms with E-state index in [2.05, 4.69) is 16.4 Å². The molecule has 4 rings (SSSR count).